The van der Waals surface area contributed by atoms with Crippen molar-refractivity contribution in [1.29, 1.82) is 0 Å². The number of rotatable bonds is 4. The molecule has 2 rings (SSSR count). The number of hydrogen-bond donors (Lipinski definition) is 3. The van der Waals surface area contributed by atoms with Gasteiger partial charge in [0.15, 0.2) is 11.6 Å². The third-order valence-corrected chi connectivity index (χ3v) is 8.62. The Bertz CT molecular complexity index is 882. The third kappa shape index (κ3) is 7.00. The Labute approximate surface area is 226 Å². The van der Waals surface area contributed by atoms with E-state index in [2.05, 4.69) is 5.16 Å². The summed E-state index contributed by atoms with van der Waals surface area (Å²) in [7, 11) is 1.40. The summed E-state index contributed by atoms with van der Waals surface area (Å²) in [6.45, 7) is 11.1. The Morgan fingerprint density at radius 1 is 1.05 bits per heavy atom. The van der Waals surface area contributed by atoms with Gasteiger partial charge in [0.25, 0.3) is 0 Å². The van der Waals surface area contributed by atoms with Gasteiger partial charge < -0.3 is 30.3 Å². The first-order valence-corrected chi connectivity index (χ1v) is 13.8. The average Bonchev–Trinajstić information content (AvgIpc) is 2.89. The Kier molecular flexibility index (Phi) is 11.0. The first-order chi connectivity index (χ1) is 17.6. The van der Waals surface area contributed by atoms with Crippen LogP contribution >= 0.6 is 0 Å². The van der Waals surface area contributed by atoms with Crippen molar-refractivity contribution in [3.8, 4) is 0 Å². The molecule has 0 aromatic heterocycles. The number of hydrogen-bond acceptors (Lipinski definition) is 10. The van der Waals surface area contributed by atoms with Crippen LogP contribution in [0.3, 0.4) is 0 Å². The molecule has 1 saturated carbocycles. The van der Waals surface area contributed by atoms with Crippen LogP contribution in [0.4, 0.5) is 0 Å². The fourth-order valence-electron chi connectivity index (χ4n) is 5.72. The zero-order valence-corrected chi connectivity index (χ0v) is 24.2. The second kappa shape index (κ2) is 13.0. The lowest BCUT2D eigenvalue weighted by Gasteiger charge is -2.41. The van der Waals surface area contributed by atoms with Gasteiger partial charge in [-0.15, -0.1) is 0 Å². The molecule has 2 fully saturated rings. The number of nitrogens with two attached hydrogens (primary N) is 1. The van der Waals surface area contributed by atoms with Gasteiger partial charge in [-0.2, -0.15) is 0 Å². The third-order valence-electron chi connectivity index (χ3n) is 8.62. The van der Waals surface area contributed by atoms with Crippen molar-refractivity contribution in [3.63, 3.8) is 0 Å². The van der Waals surface area contributed by atoms with Gasteiger partial charge in [0.2, 0.25) is 0 Å². The quantitative estimate of drug-likeness (QED) is 0.277. The molecule has 0 aromatic carbocycles. The van der Waals surface area contributed by atoms with Crippen LogP contribution in [0.2, 0.25) is 0 Å². The number of carbonyl (C=O) groups excluding carboxylic acids is 3. The van der Waals surface area contributed by atoms with Crippen LogP contribution < -0.4 is 5.73 Å². The molecule has 0 amide bonds. The summed E-state index contributed by atoms with van der Waals surface area (Å²) in [6.07, 6.45) is 0.853. The summed E-state index contributed by atoms with van der Waals surface area (Å²) in [4.78, 5) is 45.5. The molecule has 2 aliphatic rings. The van der Waals surface area contributed by atoms with E-state index in [-0.39, 0.29) is 25.0 Å². The summed E-state index contributed by atoms with van der Waals surface area (Å²) in [6, 6.07) is 0.140. The number of Topliss-reactive ketones (excluding diaryl/α,β-unsaturated/α-hetero) is 2. The van der Waals surface area contributed by atoms with E-state index in [9.17, 15) is 24.6 Å². The van der Waals surface area contributed by atoms with Crippen molar-refractivity contribution >= 4 is 23.2 Å². The maximum atomic E-state index is 13.5. The highest BCUT2D eigenvalue weighted by Crippen LogP contribution is 2.34. The largest absolute Gasteiger partial charge is 0.459 e. The van der Waals surface area contributed by atoms with Crippen LogP contribution in [0, 0.1) is 23.7 Å². The van der Waals surface area contributed by atoms with Crippen molar-refractivity contribution in [2.75, 3.05) is 7.11 Å². The van der Waals surface area contributed by atoms with E-state index < -0.39 is 64.6 Å². The number of ether oxygens (including phenoxy) is 2. The number of esters is 1. The average molecular weight is 541 g/mol. The van der Waals surface area contributed by atoms with E-state index in [0.29, 0.717) is 5.71 Å². The summed E-state index contributed by atoms with van der Waals surface area (Å²) in [5.41, 5.74) is 3.22. The van der Waals surface area contributed by atoms with Gasteiger partial charge in [0, 0.05) is 25.0 Å². The Hall–Kier alpha value is -1.88. The molecule has 0 radical (unpaired) electrons. The Balaban J connectivity index is 2.56. The molecular weight excluding hydrogens is 492 g/mol. The summed E-state index contributed by atoms with van der Waals surface area (Å²) in [5, 5.41) is 27.3. The molecule has 1 saturated heterocycles. The van der Waals surface area contributed by atoms with E-state index >= 15 is 0 Å². The number of ketones is 2. The SMILES string of the molecule is CC[C@H]1OC(=O)[C@H](C)C(=O)[C@H](C)C(=O)[C@](C)(OC)C[C@@H](C)/C(=N\O[C@H]2CC[C@@H](N)CC2)[C@H](C)[C@@H](O)[C@]1(C)O. The molecule has 38 heavy (non-hydrogen) atoms. The smallest absolute Gasteiger partial charge is 0.316 e. The van der Waals surface area contributed by atoms with E-state index in [0.717, 1.165) is 25.7 Å². The number of aliphatic hydroxyl groups is 2. The second-order valence-corrected chi connectivity index (χ2v) is 11.7. The number of carbonyl (C=O) groups is 3. The zero-order chi connectivity index (χ0) is 29.0. The van der Waals surface area contributed by atoms with Crippen molar-refractivity contribution in [2.45, 2.75) is 123 Å². The lowest BCUT2D eigenvalue weighted by Crippen LogP contribution is -2.56. The molecular formula is C28H48N2O8. The minimum absolute atomic E-state index is 0.133. The maximum Gasteiger partial charge on any atom is 0.316 e. The second-order valence-electron chi connectivity index (χ2n) is 11.7. The van der Waals surface area contributed by atoms with Crippen LogP contribution in [0.25, 0.3) is 0 Å². The number of methoxy groups -OCH3 is 1. The number of nitrogens with zero attached hydrogens (tertiary/aromatic N) is 1. The van der Waals surface area contributed by atoms with Crippen molar-refractivity contribution in [2.24, 2.45) is 34.6 Å². The van der Waals surface area contributed by atoms with Crippen molar-refractivity contribution < 1.29 is 38.9 Å². The summed E-state index contributed by atoms with van der Waals surface area (Å²) in [5.74, 6) is -5.42. The first kappa shape index (κ1) is 32.3. The lowest BCUT2D eigenvalue weighted by atomic mass is 9.74. The van der Waals surface area contributed by atoms with E-state index in [1.54, 1.807) is 20.8 Å². The highest BCUT2D eigenvalue weighted by molar-refractivity contribution is 6.11. The van der Waals surface area contributed by atoms with Gasteiger partial charge in [-0.25, -0.2) is 0 Å². The molecule has 0 unspecified atom stereocenters. The Morgan fingerprint density at radius 3 is 2.16 bits per heavy atom. The monoisotopic (exact) mass is 540 g/mol. The molecule has 4 N–H and O–H groups in total. The molecule has 8 atom stereocenters. The molecule has 0 bridgehead atoms. The summed E-state index contributed by atoms with van der Waals surface area (Å²) < 4.78 is 11.2. The van der Waals surface area contributed by atoms with Gasteiger partial charge in [-0.3, -0.25) is 14.4 Å². The number of cyclic esters (lactones) is 1. The predicted octanol–water partition coefficient (Wildman–Crippen LogP) is 2.55. The molecule has 10 nitrogen and oxygen atoms in total. The van der Waals surface area contributed by atoms with Gasteiger partial charge in [0.1, 0.15) is 29.3 Å². The standard InChI is InChI=1S/C28H48N2O8/c1-9-21-28(7,35)25(33)16(3)22(30-38-20-12-10-19(29)11-13-20)15(2)14-27(6,36-8)24(32)17(4)23(31)18(5)26(34)37-21/h15-21,25,33,35H,9-14,29H2,1-8H3/b30-22+/t15-,16+,17+,18-,19-,20+,21-,25-,27-,28-/m1/s1. The fourth-order valence-corrected chi connectivity index (χ4v) is 5.72. The Morgan fingerprint density at radius 2 is 1.63 bits per heavy atom. The molecule has 0 spiro atoms. The van der Waals surface area contributed by atoms with Gasteiger partial charge >= 0.3 is 5.97 Å². The van der Waals surface area contributed by atoms with Crippen LogP contribution in [0.15, 0.2) is 5.16 Å². The molecule has 10 heteroatoms. The fraction of sp³-hybridized carbons (Fsp3) is 0.857. The molecule has 1 heterocycles. The van der Waals surface area contributed by atoms with Crippen molar-refractivity contribution in [3.05, 3.63) is 0 Å². The maximum absolute atomic E-state index is 13.5. The first-order valence-electron chi connectivity index (χ1n) is 13.8. The van der Waals surface area contributed by atoms with E-state index in [1.165, 1.54) is 27.9 Å². The molecule has 0 aromatic rings. The normalized spacial score (nSPS) is 43.4. The van der Waals surface area contributed by atoms with Crippen LogP contribution in [-0.4, -0.2) is 76.1 Å². The number of aliphatic hydroxyl groups excluding tert-OH is 1. The van der Waals surface area contributed by atoms with Crippen LogP contribution in [0.5, 0.6) is 0 Å². The van der Waals surface area contributed by atoms with Gasteiger partial charge in [-0.05, 0) is 66.2 Å². The topological polar surface area (TPSA) is 158 Å². The zero-order valence-electron chi connectivity index (χ0n) is 24.2. The molecule has 1 aliphatic carbocycles. The summed E-state index contributed by atoms with van der Waals surface area (Å²) >= 11 is 0. The van der Waals surface area contributed by atoms with E-state index in [1.807, 2.05) is 6.92 Å². The highest BCUT2D eigenvalue weighted by Gasteiger charge is 2.49. The van der Waals surface area contributed by atoms with Crippen LogP contribution in [-0.2, 0) is 28.7 Å². The van der Waals surface area contributed by atoms with Crippen molar-refractivity contribution in [1.82, 2.24) is 0 Å². The van der Waals surface area contributed by atoms with E-state index in [4.69, 9.17) is 20.0 Å². The molecule has 1 aliphatic heterocycles. The van der Waals surface area contributed by atoms with Gasteiger partial charge in [0.05, 0.1) is 17.7 Å². The minimum atomic E-state index is -1.86. The minimum Gasteiger partial charge on any atom is -0.459 e. The number of oxime groups is 1. The molecule has 218 valence electrons. The predicted molar refractivity (Wildman–Crippen MR) is 142 cm³/mol. The van der Waals surface area contributed by atoms with Crippen LogP contribution in [0.1, 0.15) is 87.0 Å². The highest BCUT2D eigenvalue weighted by atomic mass is 16.6. The lowest BCUT2D eigenvalue weighted by molar-refractivity contribution is -0.186. The van der Waals surface area contributed by atoms with Gasteiger partial charge in [-0.1, -0.05) is 25.9 Å².